The van der Waals surface area contributed by atoms with Crippen LogP contribution in [0.3, 0.4) is 0 Å². The highest BCUT2D eigenvalue weighted by Crippen LogP contribution is 2.44. The molecule has 2 rings (SSSR count). The lowest BCUT2D eigenvalue weighted by atomic mass is 9.86. The second-order valence-corrected chi connectivity index (χ2v) is 6.69. The third-order valence-electron chi connectivity index (χ3n) is 4.19. The van der Waals surface area contributed by atoms with E-state index in [0.29, 0.717) is 16.6 Å². The van der Waals surface area contributed by atoms with Crippen molar-refractivity contribution in [2.45, 2.75) is 51.2 Å². The van der Waals surface area contributed by atoms with Crippen molar-refractivity contribution in [3.8, 4) is 0 Å². The van der Waals surface area contributed by atoms with Gasteiger partial charge in [0.1, 0.15) is 5.82 Å². The van der Waals surface area contributed by atoms with Gasteiger partial charge in [-0.15, -0.1) is 0 Å². The fraction of sp³-hybridized carbons (Fsp3) is 0.625. The maximum Gasteiger partial charge on any atom is 0.147 e. The van der Waals surface area contributed by atoms with Gasteiger partial charge in [0.2, 0.25) is 0 Å². The van der Waals surface area contributed by atoms with Crippen LogP contribution in [0.2, 0.25) is 5.02 Å². The predicted octanol–water partition coefficient (Wildman–Crippen LogP) is 5.24. The second-order valence-electron chi connectivity index (χ2n) is 5.46. The van der Waals surface area contributed by atoms with Crippen LogP contribution >= 0.6 is 27.5 Å². The highest BCUT2D eigenvalue weighted by atomic mass is 79.9. The SMILES string of the molecule is CCNC(c1ccc(Br)c(Cl)c1F)C1(OCC)CCCC1. The van der Waals surface area contributed by atoms with Gasteiger partial charge in [-0.3, -0.25) is 0 Å². The highest BCUT2D eigenvalue weighted by Gasteiger charge is 2.43. The zero-order chi connectivity index (χ0) is 15.5. The van der Waals surface area contributed by atoms with Gasteiger partial charge < -0.3 is 10.1 Å². The Bertz CT molecular complexity index is 491. The molecule has 1 saturated carbocycles. The maximum atomic E-state index is 14.6. The molecule has 0 aliphatic heterocycles. The van der Waals surface area contributed by atoms with Crippen molar-refractivity contribution in [2.24, 2.45) is 0 Å². The van der Waals surface area contributed by atoms with Gasteiger partial charge in [-0.25, -0.2) is 4.39 Å². The summed E-state index contributed by atoms with van der Waals surface area (Å²) >= 11 is 9.34. The Hall–Kier alpha value is -0.160. The average Bonchev–Trinajstić information content (AvgIpc) is 2.93. The summed E-state index contributed by atoms with van der Waals surface area (Å²) < 4.78 is 21.3. The predicted molar refractivity (Wildman–Crippen MR) is 88.4 cm³/mol. The first-order valence-corrected chi connectivity index (χ1v) is 8.73. The molecule has 1 unspecified atom stereocenters. The van der Waals surface area contributed by atoms with Gasteiger partial charge in [0.25, 0.3) is 0 Å². The first kappa shape index (κ1) is 17.2. The summed E-state index contributed by atoms with van der Waals surface area (Å²) in [4.78, 5) is 0. The molecule has 2 nitrogen and oxygen atoms in total. The van der Waals surface area contributed by atoms with Crippen molar-refractivity contribution >= 4 is 27.5 Å². The first-order valence-electron chi connectivity index (χ1n) is 7.56. The Morgan fingerprint density at radius 1 is 1.38 bits per heavy atom. The Kier molecular flexibility index (Phi) is 6.06. The van der Waals surface area contributed by atoms with Gasteiger partial charge in [-0.2, -0.15) is 0 Å². The minimum Gasteiger partial charge on any atom is -0.373 e. The Morgan fingerprint density at radius 2 is 2.05 bits per heavy atom. The van der Waals surface area contributed by atoms with E-state index in [2.05, 4.69) is 21.2 Å². The van der Waals surface area contributed by atoms with Crippen LogP contribution in [0.4, 0.5) is 4.39 Å². The van der Waals surface area contributed by atoms with Gasteiger partial charge in [-0.1, -0.05) is 37.4 Å². The molecule has 1 N–H and O–H groups in total. The molecule has 0 heterocycles. The van der Waals surface area contributed by atoms with Crippen molar-refractivity contribution in [1.29, 1.82) is 0 Å². The molecule has 1 atom stereocenters. The molecule has 1 aliphatic rings. The average molecular weight is 379 g/mol. The number of likely N-dealkylation sites (N-methyl/N-ethyl adjacent to an activating group) is 1. The Morgan fingerprint density at radius 3 is 2.62 bits per heavy atom. The summed E-state index contributed by atoms with van der Waals surface area (Å²) in [5, 5.41) is 3.55. The highest BCUT2D eigenvalue weighted by molar-refractivity contribution is 9.10. The molecule has 0 amide bonds. The maximum absolute atomic E-state index is 14.6. The third kappa shape index (κ3) is 3.44. The van der Waals surface area contributed by atoms with E-state index in [1.54, 1.807) is 12.1 Å². The van der Waals surface area contributed by atoms with Crippen LogP contribution in [0.25, 0.3) is 0 Å². The van der Waals surface area contributed by atoms with E-state index in [-0.39, 0.29) is 22.5 Å². The molecule has 1 aliphatic carbocycles. The van der Waals surface area contributed by atoms with Gasteiger partial charge in [0.05, 0.1) is 16.7 Å². The molecule has 118 valence electrons. The molecule has 0 saturated heterocycles. The van der Waals surface area contributed by atoms with Gasteiger partial charge in [0, 0.05) is 16.6 Å². The third-order valence-corrected chi connectivity index (χ3v) is 5.45. The number of rotatable bonds is 6. The lowest BCUT2D eigenvalue weighted by molar-refractivity contribution is -0.0630. The molecule has 1 fully saturated rings. The number of nitrogens with one attached hydrogen (secondary N) is 1. The van der Waals surface area contributed by atoms with E-state index in [9.17, 15) is 4.39 Å². The molecular formula is C16H22BrClFNO. The first-order chi connectivity index (χ1) is 10.1. The van der Waals surface area contributed by atoms with E-state index < -0.39 is 0 Å². The fourth-order valence-electron chi connectivity index (χ4n) is 3.32. The quantitative estimate of drug-likeness (QED) is 0.683. The summed E-state index contributed by atoms with van der Waals surface area (Å²) in [7, 11) is 0. The number of benzene rings is 1. The molecule has 21 heavy (non-hydrogen) atoms. The zero-order valence-corrected chi connectivity index (χ0v) is 14.9. The van der Waals surface area contributed by atoms with E-state index in [1.807, 2.05) is 13.8 Å². The van der Waals surface area contributed by atoms with E-state index in [0.717, 1.165) is 32.2 Å². The Labute approximate surface area is 139 Å². The summed E-state index contributed by atoms with van der Waals surface area (Å²) in [6.45, 7) is 5.41. The topological polar surface area (TPSA) is 21.3 Å². The molecule has 0 radical (unpaired) electrons. The van der Waals surface area contributed by atoms with Crippen molar-refractivity contribution < 1.29 is 9.13 Å². The molecule has 1 aromatic carbocycles. The summed E-state index contributed by atoms with van der Waals surface area (Å²) in [5.41, 5.74) is 0.267. The monoisotopic (exact) mass is 377 g/mol. The van der Waals surface area contributed by atoms with Crippen molar-refractivity contribution in [3.05, 3.63) is 33.0 Å². The van der Waals surface area contributed by atoms with Crippen LogP contribution in [-0.4, -0.2) is 18.8 Å². The fourth-order valence-corrected chi connectivity index (χ4v) is 3.80. The number of hydrogen-bond acceptors (Lipinski definition) is 2. The van der Waals surface area contributed by atoms with Crippen molar-refractivity contribution in [1.82, 2.24) is 5.32 Å². The van der Waals surface area contributed by atoms with Gasteiger partial charge >= 0.3 is 0 Å². The molecule has 0 bridgehead atoms. The molecule has 0 spiro atoms. The van der Waals surface area contributed by atoms with Crippen LogP contribution in [0, 0.1) is 5.82 Å². The van der Waals surface area contributed by atoms with E-state index >= 15 is 0 Å². The summed E-state index contributed by atoms with van der Waals surface area (Å²) in [6, 6.07) is 3.44. The van der Waals surface area contributed by atoms with Gasteiger partial charge in [0.15, 0.2) is 0 Å². The molecule has 5 heteroatoms. The molecular weight excluding hydrogens is 357 g/mol. The van der Waals surface area contributed by atoms with Crippen LogP contribution in [-0.2, 0) is 4.74 Å². The van der Waals surface area contributed by atoms with E-state index in [4.69, 9.17) is 16.3 Å². The molecule has 0 aromatic heterocycles. The van der Waals surface area contributed by atoms with Crippen LogP contribution in [0.1, 0.15) is 51.1 Å². The minimum atomic E-state index is -0.358. The lowest BCUT2D eigenvalue weighted by Crippen LogP contribution is -2.44. The number of hydrogen-bond donors (Lipinski definition) is 1. The zero-order valence-electron chi connectivity index (χ0n) is 12.5. The van der Waals surface area contributed by atoms with Crippen LogP contribution in [0.15, 0.2) is 16.6 Å². The number of ether oxygens (including phenoxy) is 1. The van der Waals surface area contributed by atoms with Crippen molar-refractivity contribution in [2.75, 3.05) is 13.2 Å². The van der Waals surface area contributed by atoms with Crippen molar-refractivity contribution in [3.63, 3.8) is 0 Å². The van der Waals surface area contributed by atoms with Crippen LogP contribution < -0.4 is 5.32 Å². The standard InChI is InChI=1S/C16H22BrClFNO/c1-3-20-15(16(21-4-2)9-5-6-10-16)11-7-8-12(17)13(18)14(11)19/h7-8,15,20H,3-6,9-10H2,1-2H3. The Balaban J connectivity index is 2.45. The number of halogens is 3. The normalized spacial score (nSPS) is 18.9. The van der Waals surface area contributed by atoms with Gasteiger partial charge in [-0.05, 0) is 48.3 Å². The summed E-state index contributed by atoms with van der Waals surface area (Å²) in [6.07, 6.45) is 4.14. The smallest absolute Gasteiger partial charge is 0.147 e. The summed E-state index contributed by atoms with van der Waals surface area (Å²) in [5.74, 6) is -0.358. The molecule has 1 aromatic rings. The van der Waals surface area contributed by atoms with Crippen LogP contribution in [0.5, 0.6) is 0 Å². The van der Waals surface area contributed by atoms with E-state index in [1.165, 1.54) is 0 Å². The second kappa shape index (κ2) is 7.40. The largest absolute Gasteiger partial charge is 0.373 e. The minimum absolute atomic E-state index is 0.139. The lowest BCUT2D eigenvalue weighted by Gasteiger charge is -2.38.